The quantitative estimate of drug-likeness (QED) is 0.886. The van der Waals surface area contributed by atoms with Crippen LogP contribution in [0.15, 0.2) is 31.9 Å². The number of halogens is 1. The molecule has 2 rings (SSSR count). The normalized spacial score (nSPS) is 10.2. The molecule has 0 bridgehead atoms. The van der Waals surface area contributed by atoms with Crippen LogP contribution in [0.2, 0.25) is 0 Å². The molecule has 4 nitrogen and oxygen atoms in total. The highest BCUT2D eigenvalue weighted by atomic mass is 79.9. The Morgan fingerprint density at radius 1 is 1.60 bits per heavy atom. The predicted octanol–water partition coefficient (Wildman–Crippen LogP) is 3.86. The number of carboxylic acids is 1. The van der Waals surface area contributed by atoms with Crippen LogP contribution in [0.25, 0.3) is 0 Å². The molecular weight excluding hydrogens is 360 g/mol. The third-order valence-electron chi connectivity index (χ3n) is 2.45. The first-order valence-electron chi connectivity index (χ1n) is 5.55. The fraction of sp³-hybridized carbons (Fsp3) is 0.154. The molecule has 1 aromatic heterocycles. The number of carboxylic acid groups (broad SMARTS) is 1. The second-order valence-electron chi connectivity index (χ2n) is 3.91. The first-order chi connectivity index (χ1) is 9.49. The van der Waals surface area contributed by atoms with Crippen LogP contribution in [-0.2, 0) is 11.2 Å². The maximum atomic E-state index is 10.8. The molecule has 20 heavy (non-hydrogen) atoms. The molecule has 1 heterocycles. The van der Waals surface area contributed by atoms with Crippen LogP contribution in [0.5, 0.6) is 0 Å². The lowest BCUT2D eigenvalue weighted by Gasteiger charge is -2.01. The van der Waals surface area contributed by atoms with Crippen molar-refractivity contribution in [1.29, 1.82) is 5.26 Å². The Morgan fingerprint density at radius 2 is 2.35 bits per heavy atom. The third-order valence-corrected chi connectivity index (χ3v) is 5.22. The average molecular weight is 369 g/mol. The molecule has 0 aliphatic carbocycles. The fourth-order valence-corrected chi connectivity index (χ4v) is 4.33. The number of aliphatic carboxylic acids is 1. The molecular formula is C13H9BrN2O2S2. The number of carbonyl (C=O) groups is 1. The van der Waals surface area contributed by atoms with Crippen molar-refractivity contribution in [3.05, 3.63) is 38.8 Å². The Labute approximate surface area is 132 Å². The Kier molecular flexibility index (Phi) is 4.81. The van der Waals surface area contributed by atoms with E-state index in [1.165, 1.54) is 23.1 Å². The van der Waals surface area contributed by atoms with E-state index in [2.05, 4.69) is 27.0 Å². The first kappa shape index (κ1) is 15.0. The van der Waals surface area contributed by atoms with E-state index in [0.29, 0.717) is 5.56 Å². The van der Waals surface area contributed by atoms with E-state index >= 15 is 0 Å². The zero-order chi connectivity index (χ0) is 14.7. The van der Waals surface area contributed by atoms with Crippen LogP contribution in [-0.4, -0.2) is 16.1 Å². The summed E-state index contributed by atoms with van der Waals surface area (Å²) in [7, 11) is 0. The SMILES string of the molecule is Cc1nc(Sc2cc(Br)ccc2C#N)sc1CC(=O)O. The molecule has 0 aliphatic heterocycles. The molecule has 7 heteroatoms. The lowest BCUT2D eigenvalue weighted by atomic mass is 10.2. The number of nitrogens with zero attached hydrogens (tertiary/aromatic N) is 2. The van der Waals surface area contributed by atoms with Gasteiger partial charge in [-0.05, 0) is 25.1 Å². The number of aromatic nitrogens is 1. The molecule has 2 aromatic rings. The van der Waals surface area contributed by atoms with Crippen molar-refractivity contribution in [3.8, 4) is 6.07 Å². The summed E-state index contributed by atoms with van der Waals surface area (Å²) in [5.41, 5.74) is 1.30. The summed E-state index contributed by atoms with van der Waals surface area (Å²) >= 11 is 6.10. The molecule has 0 amide bonds. The summed E-state index contributed by atoms with van der Waals surface area (Å²) in [5, 5.41) is 17.9. The maximum absolute atomic E-state index is 10.8. The summed E-state index contributed by atoms with van der Waals surface area (Å²) in [6.45, 7) is 1.80. The standard InChI is InChI=1S/C13H9BrN2O2S2/c1-7-10(5-12(17)18)19-13(16-7)20-11-4-9(14)3-2-8(11)6-15/h2-4H,5H2,1H3,(H,17,18). The average Bonchev–Trinajstić information content (AvgIpc) is 2.69. The highest BCUT2D eigenvalue weighted by molar-refractivity contribution is 9.10. The number of hydrogen-bond acceptors (Lipinski definition) is 5. The van der Waals surface area contributed by atoms with E-state index in [0.717, 1.165) is 24.3 Å². The Morgan fingerprint density at radius 3 is 3.00 bits per heavy atom. The molecule has 0 radical (unpaired) electrons. The number of hydrogen-bond donors (Lipinski definition) is 1. The zero-order valence-electron chi connectivity index (χ0n) is 10.4. The molecule has 1 N–H and O–H groups in total. The number of thiazole rings is 1. The molecule has 0 fully saturated rings. The van der Waals surface area contributed by atoms with Crippen molar-refractivity contribution in [2.45, 2.75) is 22.6 Å². The van der Waals surface area contributed by atoms with Gasteiger partial charge in [0.2, 0.25) is 0 Å². The van der Waals surface area contributed by atoms with E-state index in [-0.39, 0.29) is 6.42 Å². The van der Waals surface area contributed by atoms with E-state index in [1.807, 2.05) is 12.1 Å². The largest absolute Gasteiger partial charge is 0.481 e. The number of nitriles is 1. The van der Waals surface area contributed by atoms with E-state index < -0.39 is 5.97 Å². The van der Waals surface area contributed by atoms with Gasteiger partial charge in [0.1, 0.15) is 6.07 Å². The minimum absolute atomic E-state index is 0.0202. The van der Waals surface area contributed by atoms with Gasteiger partial charge in [-0.1, -0.05) is 27.7 Å². The van der Waals surface area contributed by atoms with Gasteiger partial charge >= 0.3 is 5.97 Å². The summed E-state index contributed by atoms with van der Waals surface area (Å²) in [5.74, 6) is -0.867. The minimum atomic E-state index is -0.867. The van der Waals surface area contributed by atoms with Gasteiger partial charge in [-0.15, -0.1) is 11.3 Å². The number of rotatable bonds is 4. The summed E-state index contributed by atoms with van der Waals surface area (Å²) in [6, 6.07) is 7.55. The molecule has 0 unspecified atom stereocenters. The van der Waals surface area contributed by atoms with Gasteiger partial charge in [-0.3, -0.25) is 4.79 Å². The van der Waals surface area contributed by atoms with E-state index in [4.69, 9.17) is 10.4 Å². The lowest BCUT2D eigenvalue weighted by molar-refractivity contribution is -0.136. The van der Waals surface area contributed by atoms with Gasteiger partial charge in [-0.2, -0.15) is 5.26 Å². The van der Waals surface area contributed by atoms with Gasteiger partial charge in [-0.25, -0.2) is 4.98 Å². The van der Waals surface area contributed by atoms with Gasteiger partial charge in [0.15, 0.2) is 4.34 Å². The van der Waals surface area contributed by atoms with E-state index in [1.54, 1.807) is 13.0 Å². The van der Waals surface area contributed by atoms with Crippen LogP contribution in [0.3, 0.4) is 0 Å². The van der Waals surface area contributed by atoms with Crippen molar-refractivity contribution in [1.82, 2.24) is 4.98 Å². The fourth-order valence-electron chi connectivity index (χ4n) is 1.51. The second kappa shape index (κ2) is 6.39. The topological polar surface area (TPSA) is 74.0 Å². The lowest BCUT2D eigenvalue weighted by Crippen LogP contribution is -1.99. The summed E-state index contributed by atoms with van der Waals surface area (Å²) < 4.78 is 1.63. The van der Waals surface area contributed by atoms with Crippen molar-refractivity contribution in [2.24, 2.45) is 0 Å². The second-order valence-corrected chi connectivity index (χ2v) is 7.20. The molecule has 102 valence electrons. The van der Waals surface area contributed by atoms with Crippen molar-refractivity contribution in [3.63, 3.8) is 0 Å². The summed E-state index contributed by atoms with van der Waals surface area (Å²) in [4.78, 5) is 16.7. The summed E-state index contributed by atoms with van der Waals surface area (Å²) in [6.07, 6.45) is -0.0202. The highest BCUT2D eigenvalue weighted by Crippen LogP contribution is 2.36. The van der Waals surface area contributed by atoms with Gasteiger partial charge in [0.05, 0.1) is 17.7 Å². The molecule has 0 spiro atoms. The smallest absolute Gasteiger partial charge is 0.308 e. The van der Waals surface area contributed by atoms with Gasteiger partial charge < -0.3 is 5.11 Å². The van der Waals surface area contributed by atoms with Crippen LogP contribution >= 0.6 is 39.0 Å². The van der Waals surface area contributed by atoms with Crippen molar-refractivity contribution < 1.29 is 9.90 Å². The van der Waals surface area contributed by atoms with E-state index in [9.17, 15) is 4.79 Å². The Balaban J connectivity index is 2.29. The number of benzene rings is 1. The maximum Gasteiger partial charge on any atom is 0.308 e. The number of aryl methyl sites for hydroxylation is 1. The molecule has 0 saturated heterocycles. The van der Waals surface area contributed by atoms with Crippen LogP contribution in [0, 0.1) is 18.3 Å². The first-order valence-corrected chi connectivity index (χ1v) is 7.98. The molecule has 0 atom stereocenters. The molecule has 1 aromatic carbocycles. The Bertz CT molecular complexity index is 707. The molecule has 0 saturated carbocycles. The minimum Gasteiger partial charge on any atom is -0.481 e. The zero-order valence-corrected chi connectivity index (χ0v) is 13.6. The van der Waals surface area contributed by atoms with Gasteiger partial charge in [0.25, 0.3) is 0 Å². The van der Waals surface area contributed by atoms with Crippen LogP contribution in [0.1, 0.15) is 16.1 Å². The molecule has 0 aliphatic rings. The Hall–Kier alpha value is -1.36. The van der Waals surface area contributed by atoms with Crippen LogP contribution in [0.4, 0.5) is 0 Å². The predicted molar refractivity (Wildman–Crippen MR) is 81.2 cm³/mol. The van der Waals surface area contributed by atoms with Crippen molar-refractivity contribution >= 4 is 45.0 Å². The third kappa shape index (κ3) is 3.60. The van der Waals surface area contributed by atoms with Gasteiger partial charge in [0, 0.05) is 14.2 Å². The van der Waals surface area contributed by atoms with Crippen molar-refractivity contribution in [2.75, 3.05) is 0 Å². The highest BCUT2D eigenvalue weighted by Gasteiger charge is 2.13. The monoisotopic (exact) mass is 368 g/mol. The van der Waals surface area contributed by atoms with Crippen LogP contribution < -0.4 is 0 Å².